The van der Waals surface area contributed by atoms with Crippen LogP contribution in [-0.2, 0) is 4.79 Å². The predicted molar refractivity (Wildman–Crippen MR) is 98.9 cm³/mol. The molecule has 0 saturated carbocycles. The third-order valence-electron chi connectivity index (χ3n) is 4.26. The number of nitro benzene ring substituents is 1. The van der Waals surface area contributed by atoms with Gasteiger partial charge in [0.2, 0.25) is 5.91 Å². The molecule has 1 fully saturated rings. The molecule has 0 spiro atoms. The molecule has 27 heavy (non-hydrogen) atoms. The standard InChI is InChI=1S/C19H19N3O5/c1-2-27-17-9-7-15(8-10-17)21-12-14(11-18(21)23)20-19(24)13-3-5-16(6-4-13)22(25)26/h3-10,14H,2,11-12H2,1H3,(H,20,24)/t14-/m1/s1. The van der Waals surface area contributed by atoms with Gasteiger partial charge >= 0.3 is 0 Å². The highest BCUT2D eigenvalue weighted by molar-refractivity contribution is 5.99. The zero-order valence-electron chi connectivity index (χ0n) is 14.8. The van der Waals surface area contributed by atoms with E-state index in [0.717, 1.165) is 11.4 Å². The monoisotopic (exact) mass is 369 g/mol. The Bertz CT molecular complexity index is 849. The van der Waals surface area contributed by atoms with Gasteiger partial charge in [-0.15, -0.1) is 0 Å². The Balaban J connectivity index is 1.63. The minimum Gasteiger partial charge on any atom is -0.494 e. The fourth-order valence-electron chi connectivity index (χ4n) is 2.95. The molecule has 1 saturated heterocycles. The van der Waals surface area contributed by atoms with Gasteiger partial charge in [0.1, 0.15) is 5.75 Å². The molecular formula is C19H19N3O5. The third-order valence-corrected chi connectivity index (χ3v) is 4.26. The van der Waals surface area contributed by atoms with Gasteiger partial charge in [-0.25, -0.2) is 0 Å². The third kappa shape index (κ3) is 4.22. The molecule has 8 heteroatoms. The number of carbonyl (C=O) groups is 2. The second kappa shape index (κ2) is 7.86. The molecule has 0 unspecified atom stereocenters. The van der Waals surface area contributed by atoms with Crippen LogP contribution in [0.4, 0.5) is 11.4 Å². The Labute approximate surface area is 155 Å². The molecule has 2 aromatic carbocycles. The van der Waals surface area contributed by atoms with E-state index in [0.29, 0.717) is 18.7 Å². The summed E-state index contributed by atoms with van der Waals surface area (Å²) in [6.45, 7) is 2.83. The number of nitro groups is 1. The first-order chi connectivity index (χ1) is 13.0. The molecule has 8 nitrogen and oxygen atoms in total. The molecule has 0 radical (unpaired) electrons. The maximum Gasteiger partial charge on any atom is 0.269 e. The van der Waals surface area contributed by atoms with Crippen molar-refractivity contribution in [2.24, 2.45) is 0 Å². The lowest BCUT2D eigenvalue weighted by Gasteiger charge is -2.17. The van der Waals surface area contributed by atoms with Crippen molar-refractivity contribution in [1.29, 1.82) is 0 Å². The van der Waals surface area contributed by atoms with Gasteiger partial charge in [-0.05, 0) is 43.3 Å². The number of non-ortho nitro benzene ring substituents is 1. The molecule has 140 valence electrons. The lowest BCUT2D eigenvalue weighted by molar-refractivity contribution is -0.384. The van der Waals surface area contributed by atoms with Gasteiger partial charge in [0.15, 0.2) is 0 Å². The van der Waals surface area contributed by atoms with Crippen molar-refractivity contribution in [2.75, 3.05) is 18.1 Å². The van der Waals surface area contributed by atoms with E-state index in [1.165, 1.54) is 24.3 Å². The smallest absolute Gasteiger partial charge is 0.269 e. The molecule has 2 aromatic rings. The lowest BCUT2D eigenvalue weighted by atomic mass is 10.1. The van der Waals surface area contributed by atoms with Gasteiger partial charge < -0.3 is 15.0 Å². The number of ether oxygens (including phenoxy) is 1. The molecule has 1 heterocycles. The molecule has 1 atom stereocenters. The summed E-state index contributed by atoms with van der Waals surface area (Å²) in [4.78, 5) is 36.4. The number of amides is 2. The van der Waals surface area contributed by atoms with Crippen LogP contribution in [0, 0.1) is 10.1 Å². The Hall–Kier alpha value is -3.42. The van der Waals surface area contributed by atoms with E-state index in [4.69, 9.17) is 4.74 Å². The summed E-state index contributed by atoms with van der Waals surface area (Å²) in [6.07, 6.45) is 0.200. The number of rotatable bonds is 6. The second-order valence-corrected chi connectivity index (χ2v) is 6.11. The molecule has 0 bridgehead atoms. The first kappa shape index (κ1) is 18.4. The minimum atomic E-state index is -0.522. The highest BCUT2D eigenvalue weighted by Gasteiger charge is 2.31. The fraction of sp³-hybridized carbons (Fsp3) is 0.263. The van der Waals surface area contributed by atoms with Crippen LogP contribution in [0.1, 0.15) is 23.7 Å². The fourth-order valence-corrected chi connectivity index (χ4v) is 2.95. The van der Waals surface area contributed by atoms with Crippen molar-refractivity contribution >= 4 is 23.2 Å². The van der Waals surface area contributed by atoms with E-state index in [9.17, 15) is 19.7 Å². The van der Waals surface area contributed by atoms with Crippen molar-refractivity contribution in [1.82, 2.24) is 5.32 Å². The number of nitrogens with zero attached hydrogens (tertiary/aromatic N) is 2. The Morgan fingerprint density at radius 3 is 2.48 bits per heavy atom. The summed E-state index contributed by atoms with van der Waals surface area (Å²) in [5, 5.41) is 13.5. The van der Waals surface area contributed by atoms with Gasteiger partial charge in [-0.2, -0.15) is 0 Å². The first-order valence-corrected chi connectivity index (χ1v) is 8.56. The summed E-state index contributed by atoms with van der Waals surface area (Å²) >= 11 is 0. The highest BCUT2D eigenvalue weighted by atomic mass is 16.6. The van der Waals surface area contributed by atoms with Crippen LogP contribution in [0.25, 0.3) is 0 Å². The van der Waals surface area contributed by atoms with Crippen LogP contribution in [0.3, 0.4) is 0 Å². The van der Waals surface area contributed by atoms with Gasteiger partial charge in [0, 0.05) is 36.3 Å². The van der Waals surface area contributed by atoms with Gasteiger partial charge in [-0.3, -0.25) is 19.7 Å². The summed E-state index contributed by atoms with van der Waals surface area (Å²) in [6, 6.07) is 12.2. The predicted octanol–water partition coefficient (Wildman–Crippen LogP) is 2.53. The van der Waals surface area contributed by atoms with E-state index in [-0.39, 0.29) is 30.0 Å². The van der Waals surface area contributed by atoms with E-state index in [1.54, 1.807) is 17.0 Å². The summed E-state index contributed by atoms with van der Waals surface area (Å²) in [5.41, 5.74) is 0.979. The average molecular weight is 369 g/mol. The molecule has 2 amide bonds. The van der Waals surface area contributed by atoms with Crippen molar-refractivity contribution in [3.05, 3.63) is 64.2 Å². The lowest BCUT2D eigenvalue weighted by Crippen LogP contribution is -2.37. The van der Waals surface area contributed by atoms with Crippen molar-refractivity contribution < 1.29 is 19.2 Å². The first-order valence-electron chi connectivity index (χ1n) is 8.56. The molecular weight excluding hydrogens is 350 g/mol. The Morgan fingerprint density at radius 1 is 1.22 bits per heavy atom. The van der Waals surface area contributed by atoms with Crippen LogP contribution in [0.15, 0.2) is 48.5 Å². The molecule has 1 N–H and O–H groups in total. The molecule has 0 aromatic heterocycles. The molecule has 1 aliphatic rings. The van der Waals surface area contributed by atoms with Crippen LogP contribution >= 0.6 is 0 Å². The molecule has 0 aliphatic carbocycles. The van der Waals surface area contributed by atoms with Crippen molar-refractivity contribution in [3.8, 4) is 5.75 Å². The zero-order chi connectivity index (χ0) is 19.4. The Morgan fingerprint density at radius 2 is 1.89 bits per heavy atom. The van der Waals surface area contributed by atoms with Crippen LogP contribution in [0.5, 0.6) is 5.75 Å². The van der Waals surface area contributed by atoms with Gasteiger partial charge in [0.25, 0.3) is 11.6 Å². The van der Waals surface area contributed by atoms with E-state index in [1.807, 2.05) is 19.1 Å². The average Bonchev–Trinajstić information content (AvgIpc) is 3.02. The SMILES string of the molecule is CCOc1ccc(N2C[C@H](NC(=O)c3ccc([N+](=O)[O-])cc3)CC2=O)cc1. The van der Waals surface area contributed by atoms with Crippen LogP contribution < -0.4 is 15.0 Å². The minimum absolute atomic E-state index is 0.0758. The van der Waals surface area contributed by atoms with E-state index < -0.39 is 4.92 Å². The van der Waals surface area contributed by atoms with E-state index >= 15 is 0 Å². The van der Waals surface area contributed by atoms with Crippen molar-refractivity contribution in [2.45, 2.75) is 19.4 Å². The maximum atomic E-state index is 12.3. The van der Waals surface area contributed by atoms with Crippen LogP contribution in [0.2, 0.25) is 0 Å². The summed E-state index contributed by atoms with van der Waals surface area (Å²) < 4.78 is 5.39. The summed E-state index contributed by atoms with van der Waals surface area (Å²) in [5.74, 6) is 0.292. The van der Waals surface area contributed by atoms with Crippen LogP contribution in [-0.4, -0.2) is 35.9 Å². The number of carbonyl (C=O) groups excluding carboxylic acids is 2. The topological polar surface area (TPSA) is 102 Å². The number of benzene rings is 2. The second-order valence-electron chi connectivity index (χ2n) is 6.11. The van der Waals surface area contributed by atoms with Crippen molar-refractivity contribution in [3.63, 3.8) is 0 Å². The highest BCUT2D eigenvalue weighted by Crippen LogP contribution is 2.24. The van der Waals surface area contributed by atoms with Gasteiger partial charge in [-0.1, -0.05) is 0 Å². The van der Waals surface area contributed by atoms with Gasteiger partial charge in [0.05, 0.1) is 17.6 Å². The number of hydrogen-bond donors (Lipinski definition) is 1. The zero-order valence-corrected chi connectivity index (χ0v) is 14.8. The van der Waals surface area contributed by atoms with E-state index in [2.05, 4.69) is 5.32 Å². The largest absolute Gasteiger partial charge is 0.494 e. The Kier molecular flexibility index (Phi) is 5.35. The quantitative estimate of drug-likeness (QED) is 0.623. The number of anilines is 1. The number of nitrogens with one attached hydrogen (secondary N) is 1. The number of hydrogen-bond acceptors (Lipinski definition) is 5. The summed E-state index contributed by atoms with van der Waals surface area (Å²) in [7, 11) is 0. The molecule has 3 rings (SSSR count). The normalized spacial score (nSPS) is 16.3. The maximum absolute atomic E-state index is 12.3. The molecule has 1 aliphatic heterocycles.